The van der Waals surface area contributed by atoms with Crippen molar-refractivity contribution >= 4 is 0 Å². The molecular weight excluding hydrogens is 316 g/mol. The highest BCUT2D eigenvalue weighted by Gasteiger charge is 2.30. The van der Waals surface area contributed by atoms with Crippen LogP contribution in [-0.4, -0.2) is 5.11 Å². The summed E-state index contributed by atoms with van der Waals surface area (Å²) in [4.78, 5) is 0. The predicted molar refractivity (Wildman–Crippen MR) is 117 cm³/mol. The van der Waals surface area contributed by atoms with Crippen molar-refractivity contribution in [1.29, 1.82) is 0 Å². The van der Waals surface area contributed by atoms with Gasteiger partial charge in [0.2, 0.25) is 0 Å². The lowest BCUT2D eigenvalue weighted by atomic mass is 9.71. The zero-order valence-electron chi connectivity index (χ0n) is 18.8. The summed E-state index contributed by atoms with van der Waals surface area (Å²) in [6, 6.07) is 4.63. The lowest BCUT2D eigenvalue weighted by Crippen LogP contribution is -2.24. The molecule has 0 spiro atoms. The van der Waals surface area contributed by atoms with Crippen molar-refractivity contribution in [2.45, 2.75) is 124 Å². The summed E-state index contributed by atoms with van der Waals surface area (Å²) in [5.74, 6) is 0.854. The lowest BCUT2D eigenvalue weighted by Gasteiger charge is -2.34. The third-order valence-electron chi connectivity index (χ3n) is 5.93. The largest absolute Gasteiger partial charge is 0.507 e. The Bertz CT molecular complexity index is 538. The van der Waals surface area contributed by atoms with E-state index in [2.05, 4.69) is 67.5 Å². The quantitative estimate of drug-likeness (QED) is 0.416. The van der Waals surface area contributed by atoms with Crippen LogP contribution in [0.15, 0.2) is 12.1 Å². The number of benzene rings is 1. The third-order valence-corrected chi connectivity index (χ3v) is 5.93. The molecule has 0 aromatic heterocycles. The van der Waals surface area contributed by atoms with Crippen molar-refractivity contribution in [1.82, 2.24) is 0 Å². The number of hydrogen-bond donors (Lipinski definition) is 1. The topological polar surface area (TPSA) is 20.2 Å². The average Bonchev–Trinajstić information content (AvgIpc) is 2.54. The van der Waals surface area contributed by atoms with Gasteiger partial charge in [-0.25, -0.2) is 0 Å². The first-order valence-electron chi connectivity index (χ1n) is 10.9. The molecule has 1 nitrogen and oxygen atoms in total. The first-order chi connectivity index (χ1) is 12.1. The molecule has 150 valence electrons. The zero-order valence-corrected chi connectivity index (χ0v) is 18.8. The number of unbranched alkanes of at least 4 members (excludes halogenated alkanes) is 4. The SMILES string of the molecule is CCCCCC(C)(CCCCC)c1cc(C(C)C)c(O)c(C(C)(C)C)c1. The van der Waals surface area contributed by atoms with Crippen LogP contribution in [0.25, 0.3) is 0 Å². The molecule has 0 bridgehead atoms. The molecule has 1 N–H and O–H groups in total. The van der Waals surface area contributed by atoms with E-state index >= 15 is 0 Å². The predicted octanol–water partition coefficient (Wildman–Crippen LogP) is 8.23. The van der Waals surface area contributed by atoms with E-state index in [1.807, 2.05) is 0 Å². The maximum absolute atomic E-state index is 10.9. The van der Waals surface area contributed by atoms with E-state index in [4.69, 9.17) is 0 Å². The molecule has 0 aliphatic carbocycles. The monoisotopic (exact) mass is 360 g/mol. The second-order valence-electron chi connectivity index (χ2n) is 9.84. The van der Waals surface area contributed by atoms with E-state index in [0.717, 1.165) is 11.1 Å². The summed E-state index contributed by atoms with van der Waals surface area (Å²) in [5.41, 5.74) is 3.83. The molecule has 0 fully saturated rings. The zero-order chi connectivity index (χ0) is 20.0. The van der Waals surface area contributed by atoms with Crippen LogP contribution in [0.2, 0.25) is 0 Å². The molecule has 1 aromatic carbocycles. The molecule has 1 heteroatoms. The highest BCUT2D eigenvalue weighted by Crippen LogP contribution is 2.43. The molecule has 0 saturated carbocycles. The first kappa shape index (κ1) is 23.1. The Balaban J connectivity index is 3.40. The Morgan fingerprint density at radius 1 is 0.846 bits per heavy atom. The van der Waals surface area contributed by atoms with E-state index in [1.165, 1.54) is 56.9 Å². The van der Waals surface area contributed by atoms with E-state index in [-0.39, 0.29) is 10.8 Å². The van der Waals surface area contributed by atoms with E-state index in [0.29, 0.717) is 11.7 Å². The summed E-state index contributed by atoms with van der Waals surface area (Å²) in [5, 5.41) is 10.9. The van der Waals surface area contributed by atoms with Crippen molar-refractivity contribution in [2.24, 2.45) is 0 Å². The summed E-state index contributed by atoms with van der Waals surface area (Å²) in [7, 11) is 0. The number of aromatic hydroxyl groups is 1. The van der Waals surface area contributed by atoms with Gasteiger partial charge in [0, 0.05) is 0 Å². The van der Waals surface area contributed by atoms with Crippen LogP contribution in [0, 0.1) is 0 Å². The highest BCUT2D eigenvalue weighted by molar-refractivity contribution is 5.50. The Kier molecular flexibility index (Phi) is 8.70. The number of phenolic OH excluding ortho intramolecular Hbond substituents is 1. The van der Waals surface area contributed by atoms with E-state index in [1.54, 1.807) is 0 Å². The van der Waals surface area contributed by atoms with Crippen LogP contribution in [0.3, 0.4) is 0 Å². The summed E-state index contributed by atoms with van der Waals surface area (Å²) in [6.07, 6.45) is 10.2. The van der Waals surface area contributed by atoms with Crippen molar-refractivity contribution < 1.29 is 5.11 Å². The van der Waals surface area contributed by atoms with Gasteiger partial charge < -0.3 is 5.11 Å². The molecule has 0 unspecified atom stereocenters. The molecule has 1 aromatic rings. The minimum Gasteiger partial charge on any atom is -0.507 e. The Morgan fingerprint density at radius 3 is 1.73 bits per heavy atom. The normalized spacial score (nSPS) is 12.8. The number of phenols is 1. The molecular formula is C25H44O. The van der Waals surface area contributed by atoms with Crippen LogP contribution in [0.1, 0.15) is 129 Å². The van der Waals surface area contributed by atoms with Crippen molar-refractivity contribution in [3.05, 3.63) is 28.8 Å². The van der Waals surface area contributed by atoms with Crippen LogP contribution in [0.5, 0.6) is 5.75 Å². The lowest BCUT2D eigenvalue weighted by molar-refractivity contribution is 0.364. The maximum atomic E-state index is 10.9. The fourth-order valence-corrected chi connectivity index (χ4v) is 3.96. The number of rotatable bonds is 10. The van der Waals surface area contributed by atoms with Gasteiger partial charge in [0.05, 0.1) is 0 Å². The summed E-state index contributed by atoms with van der Waals surface area (Å²) >= 11 is 0. The average molecular weight is 361 g/mol. The van der Waals surface area contributed by atoms with Crippen molar-refractivity contribution in [3.8, 4) is 5.75 Å². The molecule has 0 aliphatic rings. The van der Waals surface area contributed by atoms with E-state index in [9.17, 15) is 5.11 Å². The van der Waals surface area contributed by atoms with Gasteiger partial charge in [0.1, 0.15) is 5.75 Å². The van der Waals surface area contributed by atoms with Gasteiger partial charge in [0.15, 0.2) is 0 Å². The van der Waals surface area contributed by atoms with Crippen molar-refractivity contribution in [3.63, 3.8) is 0 Å². The van der Waals surface area contributed by atoms with Gasteiger partial charge in [-0.2, -0.15) is 0 Å². The molecule has 0 saturated heterocycles. The van der Waals surface area contributed by atoms with E-state index < -0.39 is 0 Å². The van der Waals surface area contributed by atoms with Gasteiger partial charge >= 0.3 is 0 Å². The van der Waals surface area contributed by atoms with Gasteiger partial charge in [0.25, 0.3) is 0 Å². The minimum atomic E-state index is -0.0442. The van der Waals surface area contributed by atoms with Gasteiger partial charge in [-0.1, -0.05) is 106 Å². The van der Waals surface area contributed by atoms with Gasteiger partial charge in [-0.3, -0.25) is 0 Å². The first-order valence-corrected chi connectivity index (χ1v) is 10.9. The van der Waals surface area contributed by atoms with Crippen LogP contribution in [0.4, 0.5) is 0 Å². The molecule has 26 heavy (non-hydrogen) atoms. The summed E-state index contributed by atoms with van der Waals surface area (Å²) < 4.78 is 0. The summed E-state index contributed by atoms with van der Waals surface area (Å²) in [6.45, 7) is 18.0. The smallest absolute Gasteiger partial charge is 0.122 e. The fraction of sp³-hybridized carbons (Fsp3) is 0.760. The van der Waals surface area contributed by atoms with Gasteiger partial charge in [-0.05, 0) is 46.3 Å². The maximum Gasteiger partial charge on any atom is 0.122 e. The molecule has 0 radical (unpaired) electrons. The second kappa shape index (κ2) is 9.81. The Hall–Kier alpha value is -0.980. The molecule has 0 amide bonds. The molecule has 0 aliphatic heterocycles. The standard InChI is InChI=1S/C25H44O/c1-9-11-13-15-25(8,16-14-12-10-2)20-17-21(19(3)4)23(26)22(18-20)24(5,6)7/h17-19,26H,9-16H2,1-8H3. The van der Waals surface area contributed by atoms with Crippen LogP contribution in [-0.2, 0) is 10.8 Å². The third kappa shape index (κ3) is 6.03. The second-order valence-corrected chi connectivity index (χ2v) is 9.84. The Morgan fingerprint density at radius 2 is 1.35 bits per heavy atom. The molecule has 0 atom stereocenters. The van der Waals surface area contributed by atoms with Crippen LogP contribution < -0.4 is 0 Å². The van der Waals surface area contributed by atoms with Crippen LogP contribution >= 0.6 is 0 Å². The highest BCUT2D eigenvalue weighted by atomic mass is 16.3. The molecule has 0 heterocycles. The minimum absolute atomic E-state index is 0.0442. The number of hydrogen-bond acceptors (Lipinski definition) is 1. The van der Waals surface area contributed by atoms with Crippen molar-refractivity contribution in [2.75, 3.05) is 0 Å². The Labute approximate surface area is 163 Å². The van der Waals surface area contributed by atoms with Gasteiger partial charge in [-0.15, -0.1) is 0 Å². The molecule has 1 rings (SSSR count). The fourth-order valence-electron chi connectivity index (χ4n) is 3.96.